The molecule has 1 aliphatic heterocycles. The normalized spacial score (nSPS) is 21.4. The Morgan fingerprint density at radius 3 is 2.91 bits per heavy atom. The van der Waals surface area contributed by atoms with Crippen LogP contribution in [0.25, 0.3) is 10.1 Å². The van der Waals surface area contributed by atoms with Crippen molar-refractivity contribution in [3.8, 4) is 0 Å². The minimum atomic E-state index is -0.0866. The highest BCUT2D eigenvalue weighted by Gasteiger charge is 2.23. The van der Waals surface area contributed by atoms with Gasteiger partial charge in [0.15, 0.2) is 0 Å². The molecule has 1 aliphatic rings. The quantitative estimate of drug-likeness (QED) is 0.806. The van der Waals surface area contributed by atoms with Gasteiger partial charge in [0.05, 0.1) is 5.02 Å². The maximum Gasteiger partial charge on any atom is 0.263 e. The highest BCUT2D eigenvalue weighted by Crippen LogP contribution is 2.36. The van der Waals surface area contributed by atoms with Crippen LogP contribution >= 0.6 is 46.9 Å². The van der Waals surface area contributed by atoms with Crippen LogP contribution in [0.3, 0.4) is 0 Å². The minimum Gasteiger partial charge on any atom is -0.348 e. The van der Waals surface area contributed by atoms with Crippen LogP contribution in [0.2, 0.25) is 10.0 Å². The Labute approximate surface area is 149 Å². The van der Waals surface area contributed by atoms with Gasteiger partial charge in [0.25, 0.3) is 5.91 Å². The summed E-state index contributed by atoms with van der Waals surface area (Å²) in [4.78, 5) is 13.0. The minimum absolute atomic E-state index is 0. The predicted molar refractivity (Wildman–Crippen MR) is 97.0 cm³/mol. The van der Waals surface area contributed by atoms with Gasteiger partial charge in [-0.05, 0) is 38.4 Å². The number of hydrogen-bond donors (Lipinski definition) is 2. The first-order valence-corrected chi connectivity index (χ1v) is 8.53. The van der Waals surface area contributed by atoms with Gasteiger partial charge in [-0.3, -0.25) is 4.79 Å². The monoisotopic (exact) mass is 378 g/mol. The lowest BCUT2D eigenvalue weighted by atomic mass is 10.0. The van der Waals surface area contributed by atoms with E-state index in [1.807, 2.05) is 12.1 Å². The number of amides is 1. The van der Waals surface area contributed by atoms with Crippen molar-refractivity contribution in [2.45, 2.75) is 31.8 Å². The number of fused-ring (bicyclic) bond motifs is 1. The number of piperidine rings is 1. The number of thiophene rings is 1. The summed E-state index contributed by atoms with van der Waals surface area (Å²) < 4.78 is 0.941. The average molecular weight is 380 g/mol. The molecule has 2 heterocycles. The highest BCUT2D eigenvalue weighted by atomic mass is 35.5. The van der Waals surface area contributed by atoms with Crippen molar-refractivity contribution < 1.29 is 4.79 Å². The zero-order valence-corrected chi connectivity index (χ0v) is 15.1. The molecule has 1 amide bonds. The first-order valence-electron chi connectivity index (χ1n) is 6.96. The number of halogens is 3. The lowest BCUT2D eigenvalue weighted by Crippen LogP contribution is -2.46. The zero-order chi connectivity index (χ0) is 15.0. The van der Waals surface area contributed by atoms with Crippen molar-refractivity contribution in [3.05, 3.63) is 33.1 Å². The van der Waals surface area contributed by atoms with Gasteiger partial charge in [0, 0.05) is 27.2 Å². The summed E-state index contributed by atoms with van der Waals surface area (Å²) in [6, 6.07) is 6.13. The molecule has 0 radical (unpaired) electrons. The number of carbonyl (C=O) groups is 1. The van der Waals surface area contributed by atoms with Crippen molar-refractivity contribution in [2.75, 3.05) is 6.54 Å². The summed E-state index contributed by atoms with van der Waals surface area (Å²) in [6.45, 7) is 3.06. The van der Waals surface area contributed by atoms with Gasteiger partial charge in [-0.1, -0.05) is 29.3 Å². The van der Waals surface area contributed by atoms with E-state index < -0.39 is 0 Å². The van der Waals surface area contributed by atoms with E-state index in [0.29, 0.717) is 21.0 Å². The second kappa shape index (κ2) is 7.37. The number of carbonyl (C=O) groups excluding carboxylic acids is 1. The molecule has 0 saturated carbocycles. The summed E-state index contributed by atoms with van der Waals surface area (Å²) in [5, 5.41) is 8.53. The van der Waals surface area contributed by atoms with Gasteiger partial charge in [0.1, 0.15) is 4.88 Å². The van der Waals surface area contributed by atoms with E-state index in [1.165, 1.54) is 11.3 Å². The molecule has 3 rings (SSSR count). The second-order valence-electron chi connectivity index (χ2n) is 5.44. The molecule has 22 heavy (non-hydrogen) atoms. The summed E-state index contributed by atoms with van der Waals surface area (Å²) in [6.07, 6.45) is 1.89. The van der Waals surface area contributed by atoms with Gasteiger partial charge in [-0.2, -0.15) is 0 Å². The van der Waals surface area contributed by atoms with Crippen molar-refractivity contribution >= 4 is 62.9 Å². The molecule has 0 aliphatic carbocycles. The molecule has 2 N–H and O–H groups in total. The van der Waals surface area contributed by atoms with E-state index in [-0.39, 0.29) is 24.4 Å². The lowest BCUT2D eigenvalue weighted by Gasteiger charge is -2.28. The van der Waals surface area contributed by atoms with Crippen molar-refractivity contribution in [2.24, 2.45) is 0 Å². The fourth-order valence-electron chi connectivity index (χ4n) is 2.70. The van der Waals surface area contributed by atoms with Crippen LogP contribution in [0.4, 0.5) is 0 Å². The Balaban J connectivity index is 0.00000176. The van der Waals surface area contributed by atoms with E-state index in [1.54, 1.807) is 6.07 Å². The summed E-state index contributed by atoms with van der Waals surface area (Å²) in [5.41, 5.74) is 0. The summed E-state index contributed by atoms with van der Waals surface area (Å²) in [7, 11) is 0. The van der Waals surface area contributed by atoms with Gasteiger partial charge >= 0.3 is 0 Å². The molecular formula is C15H17Cl3N2OS. The fraction of sp³-hybridized carbons (Fsp3) is 0.400. The molecule has 1 fully saturated rings. The van der Waals surface area contributed by atoms with Gasteiger partial charge < -0.3 is 10.6 Å². The first-order chi connectivity index (χ1) is 10.0. The molecule has 2 unspecified atom stereocenters. The molecule has 0 bridgehead atoms. The first kappa shape index (κ1) is 17.8. The molecule has 1 aromatic carbocycles. The van der Waals surface area contributed by atoms with Crippen molar-refractivity contribution in [1.82, 2.24) is 10.6 Å². The van der Waals surface area contributed by atoms with Crippen LogP contribution in [0, 0.1) is 0 Å². The van der Waals surface area contributed by atoms with Gasteiger partial charge in [-0.25, -0.2) is 0 Å². The van der Waals surface area contributed by atoms with Crippen LogP contribution in [0.5, 0.6) is 0 Å². The third-order valence-corrected chi connectivity index (χ3v) is 5.65. The molecule has 0 spiro atoms. The molecular weight excluding hydrogens is 363 g/mol. The topological polar surface area (TPSA) is 41.1 Å². The van der Waals surface area contributed by atoms with Crippen LogP contribution in [0.15, 0.2) is 18.2 Å². The predicted octanol–water partition coefficient (Wildman–Crippen LogP) is 4.50. The van der Waals surface area contributed by atoms with Crippen molar-refractivity contribution in [1.29, 1.82) is 0 Å². The maximum absolute atomic E-state index is 12.5. The highest BCUT2D eigenvalue weighted by molar-refractivity contribution is 7.21. The summed E-state index contributed by atoms with van der Waals surface area (Å²) >= 11 is 13.7. The van der Waals surface area contributed by atoms with E-state index >= 15 is 0 Å². The molecule has 120 valence electrons. The Kier molecular flexibility index (Phi) is 5.97. The molecule has 2 atom stereocenters. The third-order valence-electron chi connectivity index (χ3n) is 3.76. The largest absolute Gasteiger partial charge is 0.348 e. The zero-order valence-electron chi connectivity index (χ0n) is 12.0. The molecule has 1 aromatic heterocycles. The maximum atomic E-state index is 12.5. The summed E-state index contributed by atoms with van der Waals surface area (Å²) in [5.74, 6) is -0.0866. The molecule has 7 heteroatoms. The van der Waals surface area contributed by atoms with Gasteiger partial charge in [-0.15, -0.1) is 23.7 Å². The van der Waals surface area contributed by atoms with E-state index in [2.05, 4.69) is 17.6 Å². The van der Waals surface area contributed by atoms with E-state index in [9.17, 15) is 4.79 Å². The molecule has 1 saturated heterocycles. The average Bonchev–Trinajstić information content (AvgIpc) is 2.75. The number of hydrogen-bond acceptors (Lipinski definition) is 3. The lowest BCUT2D eigenvalue weighted by molar-refractivity contribution is 0.0930. The SMILES string of the molecule is CC1CC(NC(=O)c2sc3cc(Cl)ccc3c2Cl)CCN1.Cl. The van der Waals surface area contributed by atoms with Crippen LogP contribution < -0.4 is 10.6 Å². The van der Waals surface area contributed by atoms with Crippen molar-refractivity contribution in [3.63, 3.8) is 0 Å². The second-order valence-corrected chi connectivity index (χ2v) is 7.30. The Hall–Kier alpha value is -0.520. The van der Waals surface area contributed by atoms with Crippen LogP contribution in [-0.2, 0) is 0 Å². The van der Waals surface area contributed by atoms with Crippen LogP contribution in [0.1, 0.15) is 29.4 Å². The van der Waals surface area contributed by atoms with E-state index in [4.69, 9.17) is 23.2 Å². The Bertz CT molecular complexity index is 689. The molecule has 3 nitrogen and oxygen atoms in total. The smallest absolute Gasteiger partial charge is 0.263 e. The Morgan fingerprint density at radius 2 is 2.18 bits per heavy atom. The van der Waals surface area contributed by atoms with Gasteiger partial charge in [0.2, 0.25) is 0 Å². The number of rotatable bonds is 2. The standard InChI is InChI=1S/C15H16Cl2N2OS.ClH/c1-8-6-10(4-5-18-8)19-15(20)14-13(17)11-3-2-9(16)7-12(11)21-14;/h2-3,7-8,10,18H,4-6H2,1H3,(H,19,20);1H. The number of nitrogens with one attached hydrogen (secondary N) is 2. The molecule has 2 aromatic rings. The fourth-order valence-corrected chi connectivity index (χ4v) is 4.40. The van der Waals surface area contributed by atoms with Crippen LogP contribution in [-0.4, -0.2) is 24.5 Å². The van der Waals surface area contributed by atoms with E-state index in [0.717, 1.165) is 29.5 Å². The number of benzene rings is 1. The Morgan fingerprint density at radius 1 is 1.41 bits per heavy atom. The third kappa shape index (κ3) is 3.69.